The summed E-state index contributed by atoms with van der Waals surface area (Å²) in [5.41, 5.74) is 0.0685. The minimum Gasteiger partial charge on any atom is -0.495 e. The summed E-state index contributed by atoms with van der Waals surface area (Å²) in [6.45, 7) is 0. The molecule has 4 nitrogen and oxygen atoms in total. The molecule has 1 N–H and O–H groups in total. The lowest BCUT2D eigenvalue weighted by Gasteiger charge is -2.12. The van der Waals surface area contributed by atoms with E-state index in [0.29, 0.717) is 4.47 Å². The highest BCUT2D eigenvalue weighted by molar-refractivity contribution is 9.10. The van der Waals surface area contributed by atoms with Crippen molar-refractivity contribution in [3.63, 3.8) is 0 Å². The van der Waals surface area contributed by atoms with Gasteiger partial charge in [-0.15, -0.1) is 0 Å². The summed E-state index contributed by atoms with van der Waals surface area (Å²) in [6.07, 6.45) is 0. The van der Waals surface area contributed by atoms with Gasteiger partial charge in [0.05, 0.1) is 17.8 Å². The Morgan fingerprint density at radius 3 is 2.57 bits per heavy atom. The van der Waals surface area contributed by atoms with Crippen LogP contribution in [0.5, 0.6) is 5.75 Å². The van der Waals surface area contributed by atoms with E-state index in [1.807, 2.05) is 0 Å². The Balaban J connectivity index is 2.42. The number of nitrogens with one attached hydrogen (secondary N) is 1. The van der Waals surface area contributed by atoms with E-state index in [0.717, 1.165) is 6.07 Å². The second-order valence-corrected chi connectivity index (χ2v) is 7.00. The lowest BCUT2D eigenvalue weighted by molar-refractivity contribution is 0.403. The molecule has 0 aromatic heterocycles. The Hall–Kier alpha value is -1.31. The molecule has 0 aliphatic heterocycles. The van der Waals surface area contributed by atoms with Gasteiger partial charge in [-0.1, -0.05) is 27.5 Å². The van der Waals surface area contributed by atoms with Gasteiger partial charge in [-0.3, -0.25) is 4.72 Å². The normalized spacial score (nSPS) is 11.2. The number of ether oxygens (including phenoxy) is 1. The van der Waals surface area contributed by atoms with Gasteiger partial charge in [-0.2, -0.15) is 0 Å². The highest BCUT2D eigenvalue weighted by Gasteiger charge is 2.20. The molecule has 0 atom stereocenters. The van der Waals surface area contributed by atoms with Crippen molar-refractivity contribution in [2.24, 2.45) is 0 Å². The van der Waals surface area contributed by atoms with E-state index in [2.05, 4.69) is 20.7 Å². The first-order chi connectivity index (χ1) is 9.83. The molecule has 0 saturated carbocycles. The van der Waals surface area contributed by atoms with Gasteiger partial charge in [0.15, 0.2) is 0 Å². The number of rotatable bonds is 4. The standard InChI is InChI=1S/C13H10BrClFNO3S/c1-20-12-5-2-8(14)6-13(12)21(18,19)17-9-3-4-10(15)11(16)7-9/h2-7,17H,1H3. The molecule has 2 aromatic rings. The first-order valence-corrected chi connectivity index (χ1v) is 8.30. The van der Waals surface area contributed by atoms with Crippen LogP contribution in [0, 0.1) is 5.82 Å². The van der Waals surface area contributed by atoms with Gasteiger partial charge in [-0.25, -0.2) is 12.8 Å². The van der Waals surface area contributed by atoms with E-state index in [1.165, 1.54) is 31.4 Å². The van der Waals surface area contributed by atoms with Gasteiger partial charge in [0.1, 0.15) is 16.5 Å². The molecule has 0 aliphatic carbocycles. The lowest BCUT2D eigenvalue weighted by atomic mass is 10.3. The molecule has 0 fully saturated rings. The van der Waals surface area contributed by atoms with Gasteiger partial charge < -0.3 is 4.74 Å². The summed E-state index contributed by atoms with van der Waals surface area (Å²) in [7, 11) is -2.56. The van der Waals surface area contributed by atoms with Gasteiger partial charge in [0, 0.05) is 4.47 Å². The zero-order valence-corrected chi connectivity index (χ0v) is 13.9. The summed E-state index contributed by atoms with van der Waals surface area (Å²) in [5.74, 6) is -0.529. The Morgan fingerprint density at radius 1 is 1.24 bits per heavy atom. The first-order valence-electron chi connectivity index (χ1n) is 5.65. The second kappa shape index (κ2) is 6.21. The van der Waals surface area contributed by atoms with Crippen LogP contribution < -0.4 is 9.46 Å². The van der Waals surface area contributed by atoms with Gasteiger partial charge in [-0.05, 0) is 36.4 Å². The van der Waals surface area contributed by atoms with Crippen LogP contribution in [0.4, 0.5) is 10.1 Å². The van der Waals surface area contributed by atoms with Crippen molar-refractivity contribution < 1.29 is 17.5 Å². The highest BCUT2D eigenvalue weighted by atomic mass is 79.9. The number of halogens is 3. The summed E-state index contributed by atoms with van der Waals surface area (Å²) >= 11 is 8.76. The lowest BCUT2D eigenvalue weighted by Crippen LogP contribution is -2.14. The number of anilines is 1. The van der Waals surface area contributed by atoms with Crippen LogP contribution >= 0.6 is 27.5 Å². The topological polar surface area (TPSA) is 55.4 Å². The SMILES string of the molecule is COc1ccc(Br)cc1S(=O)(=O)Nc1ccc(Cl)c(F)c1. The molecule has 0 unspecified atom stereocenters. The van der Waals surface area contributed by atoms with Crippen LogP contribution in [-0.2, 0) is 10.0 Å². The van der Waals surface area contributed by atoms with Crippen LogP contribution in [0.3, 0.4) is 0 Å². The zero-order valence-electron chi connectivity index (χ0n) is 10.7. The van der Waals surface area contributed by atoms with E-state index < -0.39 is 15.8 Å². The molecule has 2 rings (SSSR count). The van der Waals surface area contributed by atoms with Crippen molar-refractivity contribution >= 4 is 43.2 Å². The Kier molecular flexibility index (Phi) is 4.75. The third-order valence-electron chi connectivity index (χ3n) is 2.59. The Bertz CT molecular complexity index is 783. The quantitative estimate of drug-likeness (QED) is 0.851. The van der Waals surface area contributed by atoms with E-state index in [-0.39, 0.29) is 21.4 Å². The Morgan fingerprint density at radius 2 is 1.95 bits per heavy atom. The predicted octanol–water partition coefficient (Wildman–Crippen LogP) is 4.05. The minimum atomic E-state index is -3.92. The van der Waals surface area contributed by atoms with Crippen LogP contribution in [-0.4, -0.2) is 15.5 Å². The van der Waals surface area contributed by atoms with E-state index in [9.17, 15) is 12.8 Å². The number of benzene rings is 2. The second-order valence-electron chi connectivity index (χ2n) is 4.03. The largest absolute Gasteiger partial charge is 0.495 e. The van der Waals surface area contributed by atoms with Gasteiger partial charge in [0.2, 0.25) is 0 Å². The first kappa shape index (κ1) is 16.1. The monoisotopic (exact) mass is 393 g/mol. The number of sulfonamides is 1. The van der Waals surface area contributed by atoms with Gasteiger partial charge >= 0.3 is 0 Å². The van der Waals surface area contributed by atoms with Crippen molar-refractivity contribution in [2.75, 3.05) is 11.8 Å². The van der Waals surface area contributed by atoms with Crippen molar-refractivity contribution in [3.05, 3.63) is 51.7 Å². The smallest absolute Gasteiger partial charge is 0.265 e. The van der Waals surface area contributed by atoms with Crippen LogP contribution in [0.15, 0.2) is 45.8 Å². The molecular weight excluding hydrogens is 385 g/mol. The predicted molar refractivity (Wildman–Crippen MR) is 82.9 cm³/mol. The fraction of sp³-hybridized carbons (Fsp3) is 0.0769. The summed E-state index contributed by atoms with van der Waals surface area (Å²) < 4.78 is 46.0. The third kappa shape index (κ3) is 3.66. The molecule has 112 valence electrons. The van der Waals surface area contributed by atoms with E-state index in [4.69, 9.17) is 16.3 Å². The molecule has 0 aliphatic rings. The van der Waals surface area contributed by atoms with Crippen LogP contribution in [0.1, 0.15) is 0 Å². The molecule has 0 spiro atoms. The highest BCUT2D eigenvalue weighted by Crippen LogP contribution is 2.29. The van der Waals surface area contributed by atoms with Crippen LogP contribution in [0.25, 0.3) is 0 Å². The van der Waals surface area contributed by atoms with Crippen molar-refractivity contribution in [1.29, 1.82) is 0 Å². The summed E-state index contributed by atoms with van der Waals surface area (Å²) in [4.78, 5) is -0.0604. The average Bonchev–Trinajstić information content (AvgIpc) is 2.42. The van der Waals surface area contributed by atoms with Gasteiger partial charge in [0.25, 0.3) is 10.0 Å². The zero-order chi connectivity index (χ0) is 15.6. The number of hydrogen-bond acceptors (Lipinski definition) is 3. The van der Waals surface area contributed by atoms with Crippen molar-refractivity contribution in [2.45, 2.75) is 4.90 Å². The molecule has 21 heavy (non-hydrogen) atoms. The molecule has 2 aromatic carbocycles. The molecule has 0 saturated heterocycles. The molecular formula is C13H10BrClFNO3S. The maximum absolute atomic E-state index is 13.4. The third-order valence-corrected chi connectivity index (χ3v) is 4.79. The molecule has 8 heteroatoms. The maximum Gasteiger partial charge on any atom is 0.265 e. The molecule has 0 bridgehead atoms. The molecule has 0 heterocycles. The summed E-state index contributed by atoms with van der Waals surface area (Å²) in [6, 6.07) is 8.21. The molecule has 0 amide bonds. The van der Waals surface area contributed by atoms with Crippen LogP contribution in [0.2, 0.25) is 5.02 Å². The van der Waals surface area contributed by atoms with E-state index >= 15 is 0 Å². The number of hydrogen-bond donors (Lipinski definition) is 1. The van der Waals surface area contributed by atoms with Crippen molar-refractivity contribution in [3.8, 4) is 5.75 Å². The average molecular weight is 395 g/mol. The van der Waals surface area contributed by atoms with Crippen molar-refractivity contribution in [1.82, 2.24) is 0 Å². The number of methoxy groups -OCH3 is 1. The fourth-order valence-electron chi connectivity index (χ4n) is 1.63. The Labute approximate surface area is 135 Å². The minimum absolute atomic E-state index is 0.0604. The molecule has 0 radical (unpaired) electrons. The summed E-state index contributed by atoms with van der Waals surface area (Å²) in [5, 5.41) is -0.0852. The maximum atomic E-state index is 13.4. The van der Waals surface area contributed by atoms with E-state index in [1.54, 1.807) is 6.07 Å². The fourth-order valence-corrected chi connectivity index (χ4v) is 3.51.